The van der Waals surface area contributed by atoms with Gasteiger partial charge in [0, 0.05) is 16.8 Å². The number of anilines is 1. The highest BCUT2D eigenvalue weighted by Gasteiger charge is 2.22. The van der Waals surface area contributed by atoms with Crippen molar-refractivity contribution < 1.29 is 18.4 Å². The Bertz CT molecular complexity index is 1360. The van der Waals surface area contributed by atoms with Crippen LogP contribution in [0.5, 0.6) is 5.75 Å². The second kappa shape index (κ2) is 9.69. The van der Waals surface area contributed by atoms with E-state index in [1.807, 2.05) is 39.0 Å². The number of amides is 1. The summed E-state index contributed by atoms with van der Waals surface area (Å²) in [6.45, 7) is 8.03. The lowest BCUT2D eigenvalue weighted by molar-refractivity contribution is 0.101. The van der Waals surface area contributed by atoms with Gasteiger partial charge in [0.15, 0.2) is 11.5 Å². The molecule has 2 heterocycles. The summed E-state index contributed by atoms with van der Waals surface area (Å²) >= 11 is 6.13. The van der Waals surface area contributed by atoms with Crippen LogP contribution in [-0.2, 0) is 13.2 Å². The van der Waals surface area contributed by atoms with E-state index in [1.165, 1.54) is 12.1 Å². The molecule has 0 spiro atoms. The molecule has 7 nitrogen and oxygen atoms in total. The molecular formula is C25H24ClFN4O3. The summed E-state index contributed by atoms with van der Waals surface area (Å²) in [4.78, 5) is 12.9. The molecule has 0 fully saturated rings. The second-order valence-corrected chi connectivity index (χ2v) is 8.55. The normalized spacial score (nSPS) is 11.0. The van der Waals surface area contributed by atoms with Gasteiger partial charge in [-0.05, 0) is 57.0 Å². The molecule has 0 radical (unpaired) electrons. The zero-order chi connectivity index (χ0) is 24.4. The first kappa shape index (κ1) is 23.5. The average Bonchev–Trinajstić information content (AvgIpc) is 3.31. The van der Waals surface area contributed by atoms with E-state index in [2.05, 4.69) is 15.6 Å². The molecular weight excluding hydrogens is 459 g/mol. The van der Waals surface area contributed by atoms with Crippen LogP contribution in [0.2, 0.25) is 5.02 Å². The van der Waals surface area contributed by atoms with Gasteiger partial charge in [-0.2, -0.15) is 5.10 Å². The predicted molar refractivity (Wildman–Crippen MR) is 127 cm³/mol. The Morgan fingerprint density at radius 2 is 1.94 bits per heavy atom. The molecule has 0 bridgehead atoms. The molecule has 2 aromatic carbocycles. The first-order chi connectivity index (χ1) is 16.2. The Hall–Kier alpha value is -3.65. The number of ether oxygens (including phenoxy) is 1. The summed E-state index contributed by atoms with van der Waals surface area (Å²) in [6, 6.07) is 11.8. The number of aryl methyl sites for hydroxylation is 4. The maximum atomic E-state index is 13.3. The lowest BCUT2D eigenvalue weighted by atomic mass is 10.1. The molecule has 0 aliphatic rings. The summed E-state index contributed by atoms with van der Waals surface area (Å²) in [6.07, 6.45) is 0. The fourth-order valence-electron chi connectivity index (χ4n) is 3.57. The lowest BCUT2D eigenvalue weighted by Crippen LogP contribution is -2.16. The van der Waals surface area contributed by atoms with Crippen molar-refractivity contribution in [1.82, 2.24) is 14.9 Å². The van der Waals surface area contributed by atoms with Crippen LogP contribution in [0, 0.1) is 33.5 Å². The summed E-state index contributed by atoms with van der Waals surface area (Å²) in [5.41, 5.74) is 4.35. The van der Waals surface area contributed by atoms with E-state index in [9.17, 15) is 9.18 Å². The number of hydrogen-bond donors (Lipinski definition) is 1. The standard InChI is InChI=1S/C25H24ClFN4O3/c1-14-5-8-22(15(2)9-14)33-13-20-17(4)34-30-24(20)25(32)28-23-10-16(3)31(29-23)12-18-6-7-19(27)11-21(18)26/h5-11H,12-13H2,1-4H3,(H,28,29,32). The van der Waals surface area contributed by atoms with Crippen LogP contribution in [-0.4, -0.2) is 20.8 Å². The van der Waals surface area contributed by atoms with E-state index in [-0.39, 0.29) is 12.3 Å². The molecule has 0 saturated heterocycles. The van der Waals surface area contributed by atoms with Crippen molar-refractivity contribution in [2.75, 3.05) is 5.32 Å². The van der Waals surface area contributed by atoms with Crippen molar-refractivity contribution in [2.24, 2.45) is 0 Å². The van der Waals surface area contributed by atoms with Gasteiger partial charge in [0.2, 0.25) is 0 Å². The summed E-state index contributed by atoms with van der Waals surface area (Å²) in [5.74, 6) is 0.719. The van der Waals surface area contributed by atoms with Gasteiger partial charge in [-0.25, -0.2) is 4.39 Å². The highest BCUT2D eigenvalue weighted by atomic mass is 35.5. The van der Waals surface area contributed by atoms with E-state index < -0.39 is 11.7 Å². The number of halogens is 2. The SMILES string of the molecule is Cc1ccc(OCc2c(C(=O)Nc3cc(C)n(Cc4ccc(F)cc4Cl)n3)noc2C)c(C)c1. The Kier molecular flexibility index (Phi) is 6.70. The second-order valence-electron chi connectivity index (χ2n) is 8.14. The summed E-state index contributed by atoms with van der Waals surface area (Å²) in [7, 11) is 0. The minimum absolute atomic E-state index is 0.135. The number of carbonyl (C=O) groups is 1. The molecule has 34 heavy (non-hydrogen) atoms. The molecule has 1 amide bonds. The molecule has 4 rings (SSSR count). The zero-order valence-electron chi connectivity index (χ0n) is 19.3. The maximum absolute atomic E-state index is 13.3. The molecule has 0 unspecified atom stereocenters. The van der Waals surface area contributed by atoms with E-state index in [0.29, 0.717) is 34.3 Å². The number of benzene rings is 2. The molecule has 0 aliphatic carbocycles. The summed E-state index contributed by atoms with van der Waals surface area (Å²) in [5, 5.41) is 11.4. The Labute approximate surface area is 201 Å². The molecule has 176 valence electrons. The fourth-order valence-corrected chi connectivity index (χ4v) is 3.80. The van der Waals surface area contributed by atoms with Gasteiger partial charge in [-0.3, -0.25) is 9.48 Å². The van der Waals surface area contributed by atoms with Crippen LogP contribution < -0.4 is 10.1 Å². The van der Waals surface area contributed by atoms with Gasteiger partial charge < -0.3 is 14.6 Å². The largest absolute Gasteiger partial charge is 0.488 e. The number of nitrogens with one attached hydrogen (secondary N) is 1. The van der Waals surface area contributed by atoms with Gasteiger partial charge in [0.1, 0.15) is 23.9 Å². The summed E-state index contributed by atoms with van der Waals surface area (Å²) < 4.78 is 26.2. The van der Waals surface area contributed by atoms with Gasteiger partial charge in [-0.15, -0.1) is 0 Å². The third kappa shape index (κ3) is 5.12. The number of aromatic nitrogens is 3. The molecule has 2 aromatic heterocycles. The van der Waals surface area contributed by atoms with Crippen molar-refractivity contribution in [3.8, 4) is 5.75 Å². The molecule has 4 aromatic rings. The molecule has 9 heteroatoms. The number of carbonyl (C=O) groups excluding carboxylic acids is 1. The molecule has 0 saturated carbocycles. The van der Waals surface area contributed by atoms with Crippen molar-refractivity contribution in [2.45, 2.75) is 40.8 Å². The third-order valence-corrected chi connectivity index (χ3v) is 5.81. The van der Waals surface area contributed by atoms with Gasteiger partial charge in [-0.1, -0.05) is 40.5 Å². The van der Waals surface area contributed by atoms with E-state index in [0.717, 1.165) is 22.6 Å². The van der Waals surface area contributed by atoms with E-state index >= 15 is 0 Å². The van der Waals surface area contributed by atoms with Crippen LogP contribution in [0.3, 0.4) is 0 Å². The smallest absolute Gasteiger partial charge is 0.279 e. The van der Waals surface area contributed by atoms with Crippen LogP contribution in [0.15, 0.2) is 47.0 Å². The first-order valence-corrected chi connectivity index (χ1v) is 11.0. The monoisotopic (exact) mass is 482 g/mol. The van der Waals surface area contributed by atoms with Crippen molar-refractivity contribution >= 4 is 23.3 Å². The van der Waals surface area contributed by atoms with E-state index in [4.69, 9.17) is 20.9 Å². The third-order valence-electron chi connectivity index (χ3n) is 5.46. The van der Waals surface area contributed by atoms with Crippen molar-refractivity contribution in [1.29, 1.82) is 0 Å². The number of nitrogens with zero attached hydrogens (tertiary/aromatic N) is 3. The maximum Gasteiger partial charge on any atom is 0.279 e. The van der Waals surface area contributed by atoms with Gasteiger partial charge in [0.05, 0.1) is 12.1 Å². The quantitative estimate of drug-likeness (QED) is 0.361. The Morgan fingerprint density at radius 3 is 2.68 bits per heavy atom. The minimum Gasteiger partial charge on any atom is -0.488 e. The van der Waals surface area contributed by atoms with Gasteiger partial charge in [0.25, 0.3) is 5.91 Å². The van der Waals surface area contributed by atoms with Crippen molar-refractivity contribution in [3.63, 3.8) is 0 Å². The molecule has 1 N–H and O–H groups in total. The molecule has 0 atom stereocenters. The van der Waals surface area contributed by atoms with Crippen LogP contribution in [0.1, 0.15) is 44.2 Å². The number of rotatable bonds is 7. The highest BCUT2D eigenvalue weighted by Crippen LogP contribution is 2.23. The minimum atomic E-state index is -0.458. The van der Waals surface area contributed by atoms with Crippen molar-refractivity contribution in [3.05, 3.63) is 92.7 Å². The highest BCUT2D eigenvalue weighted by molar-refractivity contribution is 6.31. The zero-order valence-corrected chi connectivity index (χ0v) is 20.0. The number of hydrogen-bond acceptors (Lipinski definition) is 5. The van der Waals surface area contributed by atoms with E-state index in [1.54, 1.807) is 23.7 Å². The predicted octanol–water partition coefficient (Wildman–Crippen LogP) is 5.78. The van der Waals surface area contributed by atoms with Crippen LogP contribution in [0.4, 0.5) is 10.2 Å². The fraction of sp³-hybridized carbons (Fsp3) is 0.240. The average molecular weight is 483 g/mol. The van der Waals surface area contributed by atoms with Crippen LogP contribution in [0.25, 0.3) is 0 Å². The van der Waals surface area contributed by atoms with Gasteiger partial charge >= 0.3 is 0 Å². The Balaban J connectivity index is 1.47. The van der Waals surface area contributed by atoms with Crippen LogP contribution >= 0.6 is 11.6 Å². The molecule has 0 aliphatic heterocycles. The first-order valence-electron chi connectivity index (χ1n) is 10.7. The lowest BCUT2D eigenvalue weighted by Gasteiger charge is -2.10. The Morgan fingerprint density at radius 1 is 1.15 bits per heavy atom. The topological polar surface area (TPSA) is 82.2 Å².